The molecule has 0 radical (unpaired) electrons. The number of carbonyl (C=O) groups excluding carboxylic acids is 2. The molecule has 1 saturated carbocycles. The van der Waals surface area contributed by atoms with Crippen molar-refractivity contribution in [3.63, 3.8) is 0 Å². The molecule has 2 aromatic carbocycles. The molecule has 1 aliphatic heterocycles. The number of ether oxygens (including phenoxy) is 1. The number of amides is 2. The molecule has 1 atom stereocenters. The number of hydrazone groups is 1. The lowest BCUT2D eigenvalue weighted by molar-refractivity contribution is -0.144. The van der Waals surface area contributed by atoms with E-state index in [4.69, 9.17) is 4.74 Å². The first-order valence-corrected chi connectivity index (χ1v) is 10.5. The second kappa shape index (κ2) is 8.88. The van der Waals surface area contributed by atoms with E-state index in [1.165, 1.54) is 16.0 Å². The third kappa shape index (κ3) is 4.17. The Morgan fingerprint density at radius 2 is 1.87 bits per heavy atom. The molecule has 2 aromatic rings. The average Bonchev–Trinajstić information content (AvgIpc) is 3.17. The Labute approximate surface area is 181 Å². The van der Waals surface area contributed by atoms with Crippen LogP contribution < -0.4 is 4.74 Å². The van der Waals surface area contributed by atoms with Gasteiger partial charge in [-0.1, -0.05) is 42.8 Å². The van der Waals surface area contributed by atoms with E-state index in [2.05, 4.69) is 5.10 Å². The standard InChI is InChI=1S/C24H26FN3O3/c1-27(24(30)16-8-7-9-16)15-23(29)28-21(18-11-4-6-13-22(18)31-2)14-20(26-28)17-10-3-5-12-19(17)25/h3-6,10-13,16,21H,7-9,14-15H2,1-2H3/t21-/m0/s1. The number of carbonyl (C=O) groups is 2. The van der Waals surface area contributed by atoms with Crippen LogP contribution in [0.4, 0.5) is 4.39 Å². The maximum atomic E-state index is 14.4. The second-order valence-corrected chi connectivity index (χ2v) is 8.05. The monoisotopic (exact) mass is 423 g/mol. The molecular formula is C24H26FN3O3. The number of para-hydroxylation sites is 1. The van der Waals surface area contributed by atoms with E-state index in [-0.39, 0.29) is 30.1 Å². The molecule has 4 rings (SSSR count). The first kappa shape index (κ1) is 21.0. The van der Waals surface area contributed by atoms with Crippen LogP contribution in [-0.4, -0.2) is 48.1 Å². The molecule has 0 bridgehead atoms. The molecule has 2 amide bonds. The van der Waals surface area contributed by atoms with Gasteiger partial charge in [0.15, 0.2) is 0 Å². The zero-order valence-corrected chi connectivity index (χ0v) is 17.8. The third-order valence-electron chi connectivity index (χ3n) is 6.05. The summed E-state index contributed by atoms with van der Waals surface area (Å²) < 4.78 is 19.9. The highest BCUT2D eigenvalue weighted by Gasteiger charge is 2.37. The number of likely N-dealkylation sites (N-methyl/N-ethyl adjacent to an activating group) is 1. The molecule has 0 unspecified atom stereocenters. The molecule has 1 aliphatic carbocycles. The van der Waals surface area contributed by atoms with Gasteiger partial charge in [0.25, 0.3) is 5.91 Å². The van der Waals surface area contributed by atoms with E-state index < -0.39 is 6.04 Å². The van der Waals surface area contributed by atoms with Crippen molar-refractivity contribution < 1.29 is 18.7 Å². The van der Waals surface area contributed by atoms with Crippen molar-refractivity contribution in [2.24, 2.45) is 11.0 Å². The minimum atomic E-state index is -0.439. The Morgan fingerprint density at radius 3 is 2.55 bits per heavy atom. The lowest BCUT2D eigenvalue weighted by Crippen LogP contribution is -2.42. The summed E-state index contributed by atoms with van der Waals surface area (Å²) in [5.41, 5.74) is 1.66. The Kier molecular flexibility index (Phi) is 6.02. The van der Waals surface area contributed by atoms with E-state index in [0.717, 1.165) is 24.8 Å². The van der Waals surface area contributed by atoms with Crippen LogP contribution in [0.15, 0.2) is 53.6 Å². The zero-order valence-electron chi connectivity index (χ0n) is 17.8. The molecule has 6 nitrogen and oxygen atoms in total. The van der Waals surface area contributed by atoms with E-state index in [0.29, 0.717) is 23.4 Å². The molecule has 0 saturated heterocycles. The van der Waals surface area contributed by atoms with Crippen LogP contribution in [0.25, 0.3) is 0 Å². The van der Waals surface area contributed by atoms with Crippen molar-refractivity contribution in [1.82, 2.24) is 9.91 Å². The quantitative estimate of drug-likeness (QED) is 0.711. The summed E-state index contributed by atoms with van der Waals surface area (Å²) >= 11 is 0. The van der Waals surface area contributed by atoms with E-state index in [1.807, 2.05) is 24.3 Å². The Morgan fingerprint density at radius 1 is 1.16 bits per heavy atom. The van der Waals surface area contributed by atoms with Crippen molar-refractivity contribution in [1.29, 1.82) is 0 Å². The number of nitrogens with zero attached hydrogens (tertiary/aromatic N) is 3. The highest BCUT2D eigenvalue weighted by atomic mass is 19.1. The fourth-order valence-electron chi connectivity index (χ4n) is 4.10. The third-order valence-corrected chi connectivity index (χ3v) is 6.05. The summed E-state index contributed by atoms with van der Waals surface area (Å²) in [5, 5.41) is 5.89. The smallest absolute Gasteiger partial charge is 0.262 e. The molecule has 1 heterocycles. The molecule has 0 N–H and O–H groups in total. The molecule has 0 aromatic heterocycles. The molecule has 7 heteroatoms. The first-order chi connectivity index (χ1) is 15.0. The van der Waals surface area contributed by atoms with Crippen molar-refractivity contribution >= 4 is 17.5 Å². The topological polar surface area (TPSA) is 62.2 Å². The lowest BCUT2D eigenvalue weighted by Gasteiger charge is -2.30. The van der Waals surface area contributed by atoms with E-state index in [1.54, 1.807) is 32.4 Å². The summed E-state index contributed by atoms with van der Waals surface area (Å²) in [6.45, 7) is -0.0744. The van der Waals surface area contributed by atoms with Gasteiger partial charge in [0.05, 0.1) is 18.9 Å². The van der Waals surface area contributed by atoms with Gasteiger partial charge >= 0.3 is 0 Å². The number of benzene rings is 2. The normalized spacial score (nSPS) is 18.4. The molecule has 31 heavy (non-hydrogen) atoms. The molecule has 0 spiro atoms. The number of hydrogen-bond donors (Lipinski definition) is 0. The zero-order chi connectivity index (χ0) is 22.0. The summed E-state index contributed by atoms with van der Waals surface area (Å²) in [6, 6.07) is 13.4. The molecular weight excluding hydrogens is 397 g/mol. The van der Waals surface area contributed by atoms with Crippen molar-refractivity contribution in [2.75, 3.05) is 20.7 Å². The van der Waals surface area contributed by atoms with Gasteiger partial charge in [-0.05, 0) is 25.0 Å². The van der Waals surface area contributed by atoms with Crippen LogP contribution in [0.5, 0.6) is 5.75 Å². The van der Waals surface area contributed by atoms with Crippen molar-refractivity contribution in [3.05, 3.63) is 65.5 Å². The molecule has 2 aliphatic rings. The number of hydrogen-bond acceptors (Lipinski definition) is 4. The van der Waals surface area contributed by atoms with Crippen LogP contribution in [-0.2, 0) is 9.59 Å². The Bertz CT molecular complexity index is 1020. The van der Waals surface area contributed by atoms with Gasteiger partial charge in [0.1, 0.15) is 18.1 Å². The highest BCUT2D eigenvalue weighted by Crippen LogP contribution is 2.38. The van der Waals surface area contributed by atoms with Gasteiger partial charge in [-0.3, -0.25) is 9.59 Å². The first-order valence-electron chi connectivity index (χ1n) is 10.5. The minimum Gasteiger partial charge on any atom is -0.496 e. The van der Waals surface area contributed by atoms with Gasteiger partial charge in [-0.15, -0.1) is 0 Å². The van der Waals surface area contributed by atoms with Gasteiger partial charge in [-0.2, -0.15) is 5.10 Å². The minimum absolute atomic E-state index is 0.00838. The maximum Gasteiger partial charge on any atom is 0.262 e. The molecule has 162 valence electrons. The van der Waals surface area contributed by atoms with Gasteiger partial charge in [0, 0.05) is 30.5 Å². The fraction of sp³-hybridized carbons (Fsp3) is 0.375. The Balaban J connectivity index is 1.63. The average molecular weight is 423 g/mol. The SMILES string of the molecule is COc1ccccc1[C@@H]1CC(c2ccccc2F)=NN1C(=O)CN(C)C(=O)C1CCC1. The molecule has 1 fully saturated rings. The maximum absolute atomic E-state index is 14.4. The fourth-order valence-corrected chi connectivity index (χ4v) is 4.10. The lowest BCUT2D eigenvalue weighted by atomic mass is 9.84. The predicted octanol–water partition coefficient (Wildman–Crippen LogP) is 3.77. The van der Waals surface area contributed by atoms with Crippen molar-refractivity contribution in [3.8, 4) is 5.75 Å². The van der Waals surface area contributed by atoms with E-state index >= 15 is 0 Å². The van der Waals surface area contributed by atoms with Gasteiger partial charge in [0.2, 0.25) is 5.91 Å². The van der Waals surface area contributed by atoms with Crippen LogP contribution in [0.3, 0.4) is 0 Å². The largest absolute Gasteiger partial charge is 0.496 e. The summed E-state index contributed by atoms with van der Waals surface area (Å²) in [4.78, 5) is 27.2. The second-order valence-electron chi connectivity index (χ2n) is 8.05. The van der Waals surface area contributed by atoms with Crippen LogP contribution in [0.1, 0.15) is 42.9 Å². The van der Waals surface area contributed by atoms with Crippen molar-refractivity contribution in [2.45, 2.75) is 31.7 Å². The van der Waals surface area contributed by atoms with Gasteiger partial charge in [-0.25, -0.2) is 9.40 Å². The number of halogens is 1. The van der Waals surface area contributed by atoms with Crippen LogP contribution in [0, 0.1) is 11.7 Å². The van der Waals surface area contributed by atoms with E-state index in [9.17, 15) is 14.0 Å². The van der Waals surface area contributed by atoms with Crippen LogP contribution in [0.2, 0.25) is 0 Å². The Hall–Kier alpha value is -3.22. The summed E-state index contributed by atoms with van der Waals surface area (Å²) in [5.74, 6) is -0.0528. The number of rotatable bonds is 6. The predicted molar refractivity (Wildman–Crippen MR) is 115 cm³/mol. The van der Waals surface area contributed by atoms with Crippen LogP contribution >= 0.6 is 0 Å². The van der Waals surface area contributed by atoms with Gasteiger partial charge < -0.3 is 9.64 Å². The number of methoxy groups -OCH3 is 1. The summed E-state index contributed by atoms with van der Waals surface area (Å²) in [6.07, 6.45) is 3.16. The highest BCUT2D eigenvalue weighted by molar-refractivity contribution is 6.03. The summed E-state index contributed by atoms with van der Waals surface area (Å²) in [7, 11) is 3.22.